The molecular weight excluding hydrogens is 335 g/mol. The molecule has 4 rings (SSSR count). The van der Waals surface area contributed by atoms with Gasteiger partial charge in [0.05, 0.1) is 17.6 Å². The van der Waals surface area contributed by atoms with Crippen molar-refractivity contribution < 1.29 is 9.18 Å². The minimum Gasteiger partial charge on any atom is -0.351 e. The predicted octanol–water partition coefficient (Wildman–Crippen LogP) is 1.34. The highest BCUT2D eigenvalue weighted by Crippen LogP contribution is 2.43. The first-order valence-corrected chi connectivity index (χ1v) is 8.56. The maximum atomic E-state index is 14.4. The summed E-state index contributed by atoms with van der Waals surface area (Å²) < 4.78 is 16.4. The molecule has 8 heteroatoms. The molecule has 0 radical (unpaired) electrons. The van der Waals surface area contributed by atoms with Gasteiger partial charge >= 0.3 is 0 Å². The second-order valence-electron chi connectivity index (χ2n) is 6.92. The molecule has 0 aromatic carbocycles. The number of nitriles is 1. The number of hydrogen-bond donors (Lipinski definition) is 0. The van der Waals surface area contributed by atoms with E-state index in [-0.39, 0.29) is 17.3 Å². The molecule has 0 saturated carbocycles. The monoisotopic (exact) mass is 354 g/mol. The van der Waals surface area contributed by atoms with Crippen molar-refractivity contribution in [1.82, 2.24) is 19.4 Å². The maximum Gasteiger partial charge on any atom is 0.220 e. The lowest BCUT2D eigenvalue weighted by Gasteiger charge is -2.43. The van der Waals surface area contributed by atoms with Gasteiger partial charge in [0.25, 0.3) is 0 Å². The highest BCUT2D eigenvalue weighted by Gasteiger charge is 2.51. The number of anilines is 1. The highest BCUT2D eigenvalue weighted by molar-refractivity contribution is 5.75. The number of aryl methyl sites for hydroxylation is 1. The van der Waals surface area contributed by atoms with Crippen LogP contribution in [0.4, 0.5) is 10.2 Å². The van der Waals surface area contributed by atoms with Gasteiger partial charge in [-0.2, -0.15) is 5.26 Å². The third kappa shape index (κ3) is 2.27. The lowest BCUT2D eigenvalue weighted by molar-refractivity contribution is -0.135. The molecule has 2 aliphatic rings. The molecule has 0 bridgehead atoms. The van der Waals surface area contributed by atoms with E-state index in [9.17, 15) is 9.18 Å². The van der Waals surface area contributed by atoms with E-state index in [2.05, 4.69) is 9.97 Å². The molecule has 26 heavy (non-hydrogen) atoms. The van der Waals surface area contributed by atoms with Gasteiger partial charge in [0.15, 0.2) is 11.6 Å². The number of carbonyl (C=O) groups is 1. The molecule has 7 nitrogen and oxygen atoms in total. The van der Waals surface area contributed by atoms with Crippen molar-refractivity contribution in [2.24, 2.45) is 7.05 Å². The Morgan fingerprint density at radius 2 is 2.19 bits per heavy atom. The van der Waals surface area contributed by atoms with Crippen LogP contribution in [0.2, 0.25) is 0 Å². The van der Waals surface area contributed by atoms with Crippen LogP contribution in [0, 0.1) is 17.1 Å². The first-order valence-electron chi connectivity index (χ1n) is 8.56. The van der Waals surface area contributed by atoms with Gasteiger partial charge in [0.2, 0.25) is 5.91 Å². The molecule has 1 fully saturated rings. The summed E-state index contributed by atoms with van der Waals surface area (Å²) in [6.07, 6.45) is 4.58. The van der Waals surface area contributed by atoms with E-state index in [0.717, 1.165) is 17.8 Å². The Morgan fingerprint density at radius 3 is 2.88 bits per heavy atom. The Bertz CT molecular complexity index is 932. The summed E-state index contributed by atoms with van der Waals surface area (Å²) in [5.41, 5.74) is 1.65. The molecule has 1 spiro atoms. The number of aromatic nitrogens is 3. The molecule has 1 amide bonds. The summed E-state index contributed by atoms with van der Waals surface area (Å²) in [6, 6.07) is 3.09. The number of amides is 1. The summed E-state index contributed by atoms with van der Waals surface area (Å²) >= 11 is 0. The first-order chi connectivity index (χ1) is 12.5. The molecule has 1 atom stereocenters. The number of fused-ring (bicyclic) bond motifs is 2. The van der Waals surface area contributed by atoms with Crippen molar-refractivity contribution in [2.75, 3.05) is 24.5 Å². The van der Waals surface area contributed by atoms with Gasteiger partial charge in [-0.25, -0.2) is 14.4 Å². The number of pyridine rings is 1. The normalized spacial score (nSPS) is 21.8. The van der Waals surface area contributed by atoms with Gasteiger partial charge in [-0.05, 0) is 12.5 Å². The first kappa shape index (κ1) is 16.5. The minimum atomic E-state index is -0.567. The standard InChI is InChI=1S/C18H19FN6O/c1-12(26)25-5-3-15-16(22-11-23(15)2)18(25)4-6-24(10-18)17-14(19)7-13(8-20)9-21-17/h7,9,11H,3-6,10H2,1-2H3. The van der Waals surface area contributed by atoms with E-state index in [4.69, 9.17) is 5.26 Å². The van der Waals surface area contributed by atoms with Crippen LogP contribution < -0.4 is 4.90 Å². The van der Waals surface area contributed by atoms with Gasteiger partial charge in [0.1, 0.15) is 11.6 Å². The van der Waals surface area contributed by atoms with Crippen LogP contribution in [0.3, 0.4) is 0 Å². The Labute approximate surface area is 150 Å². The lowest BCUT2D eigenvalue weighted by atomic mass is 9.86. The summed E-state index contributed by atoms with van der Waals surface area (Å²) in [6.45, 7) is 3.19. The molecule has 1 unspecified atom stereocenters. The van der Waals surface area contributed by atoms with Crippen LogP contribution in [0.5, 0.6) is 0 Å². The van der Waals surface area contributed by atoms with Gasteiger partial charge in [0, 0.05) is 51.9 Å². The van der Waals surface area contributed by atoms with Gasteiger partial charge in [-0.1, -0.05) is 0 Å². The molecule has 1 saturated heterocycles. The van der Waals surface area contributed by atoms with E-state index in [1.165, 1.54) is 12.3 Å². The van der Waals surface area contributed by atoms with Crippen LogP contribution in [0.25, 0.3) is 0 Å². The number of nitrogens with zero attached hydrogens (tertiary/aromatic N) is 6. The summed E-state index contributed by atoms with van der Waals surface area (Å²) in [5.74, 6) is -0.309. The second kappa shape index (κ2) is 5.80. The minimum absolute atomic E-state index is 0.00332. The average Bonchev–Trinajstić information content (AvgIpc) is 3.21. The number of imidazole rings is 1. The molecule has 2 aromatic rings. The average molecular weight is 354 g/mol. The molecule has 0 N–H and O–H groups in total. The van der Waals surface area contributed by atoms with E-state index in [0.29, 0.717) is 26.1 Å². The second-order valence-corrected chi connectivity index (χ2v) is 6.92. The van der Waals surface area contributed by atoms with Crippen molar-refractivity contribution in [3.05, 3.63) is 41.4 Å². The number of hydrogen-bond acceptors (Lipinski definition) is 5. The summed E-state index contributed by atoms with van der Waals surface area (Å²) in [7, 11) is 1.96. The predicted molar refractivity (Wildman–Crippen MR) is 91.7 cm³/mol. The fraction of sp³-hybridized carbons (Fsp3) is 0.444. The zero-order valence-corrected chi connectivity index (χ0v) is 14.7. The number of carbonyl (C=O) groups excluding carboxylic acids is 1. The molecule has 2 aliphatic heterocycles. The molecule has 2 aromatic heterocycles. The fourth-order valence-corrected chi connectivity index (χ4v) is 4.27. The van der Waals surface area contributed by atoms with Gasteiger partial charge in [-0.15, -0.1) is 0 Å². The zero-order chi connectivity index (χ0) is 18.5. The van der Waals surface area contributed by atoms with E-state index < -0.39 is 11.4 Å². The van der Waals surface area contributed by atoms with Crippen LogP contribution in [-0.2, 0) is 23.8 Å². The Balaban J connectivity index is 1.75. The Kier molecular flexibility index (Phi) is 3.68. The lowest BCUT2D eigenvalue weighted by Crippen LogP contribution is -2.54. The van der Waals surface area contributed by atoms with Crippen molar-refractivity contribution >= 4 is 11.7 Å². The Hall–Kier alpha value is -2.95. The molecule has 0 aliphatic carbocycles. The van der Waals surface area contributed by atoms with Crippen molar-refractivity contribution in [3.8, 4) is 6.07 Å². The van der Waals surface area contributed by atoms with Crippen LogP contribution in [-0.4, -0.2) is 45.0 Å². The maximum absolute atomic E-state index is 14.4. The molecule has 4 heterocycles. The van der Waals surface area contributed by atoms with Crippen molar-refractivity contribution in [3.63, 3.8) is 0 Å². The molecule has 134 valence electrons. The largest absolute Gasteiger partial charge is 0.351 e. The van der Waals surface area contributed by atoms with Crippen LogP contribution in [0.1, 0.15) is 30.3 Å². The zero-order valence-electron chi connectivity index (χ0n) is 14.7. The van der Waals surface area contributed by atoms with Gasteiger partial charge < -0.3 is 14.4 Å². The number of rotatable bonds is 1. The third-order valence-corrected chi connectivity index (χ3v) is 5.47. The summed E-state index contributed by atoms with van der Waals surface area (Å²) in [5, 5.41) is 8.90. The topological polar surface area (TPSA) is 78.1 Å². The molecular formula is C18H19FN6O. The summed E-state index contributed by atoms with van der Waals surface area (Å²) in [4.78, 5) is 24.8. The van der Waals surface area contributed by atoms with E-state index >= 15 is 0 Å². The van der Waals surface area contributed by atoms with Crippen molar-refractivity contribution in [1.29, 1.82) is 5.26 Å². The SMILES string of the molecule is CC(=O)N1CCc2c(ncn2C)C12CCN(c1ncc(C#N)cc1F)C2. The van der Waals surface area contributed by atoms with Crippen LogP contribution >= 0.6 is 0 Å². The Morgan fingerprint density at radius 1 is 1.38 bits per heavy atom. The fourth-order valence-electron chi connectivity index (χ4n) is 4.27. The smallest absolute Gasteiger partial charge is 0.220 e. The third-order valence-electron chi connectivity index (χ3n) is 5.47. The highest BCUT2D eigenvalue weighted by atomic mass is 19.1. The van der Waals surface area contributed by atoms with Crippen molar-refractivity contribution in [2.45, 2.75) is 25.3 Å². The van der Waals surface area contributed by atoms with Crippen LogP contribution in [0.15, 0.2) is 18.6 Å². The van der Waals surface area contributed by atoms with E-state index in [1.807, 2.05) is 27.5 Å². The quantitative estimate of drug-likeness (QED) is 0.772. The van der Waals surface area contributed by atoms with Gasteiger partial charge in [-0.3, -0.25) is 4.79 Å². The number of halogens is 1. The van der Waals surface area contributed by atoms with E-state index in [1.54, 1.807) is 13.3 Å².